The average molecular weight is 352 g/mol. The van der Waals surface area contributed by atoms with Crippen molar-refractivity contribution in [1.29, 1.82) is 0 Å². The first-order chi connectivity index (χ1) is 9.86. The lowest BCUT2D eigenvalue weighted by molar-refractivity contribution is 0.270. The monoisotopic (exact) mass is 351 g/mol. The summed E-state index contributed by atoms with van der Waals surface area (Å²) >= 11 is 11.7. The van der Waals surface area contributed by atoms with E-state index in [9.17, 15) is 8.42 Å². The van der Waals surface area contributed by atoms with Crippen molar-refractivity contribution in [3.63, 3.8) is 0 Å². The highest BCUT2D eigenvalue weighted by Crippen LogP contribution is 2.26. The minimum atomic E-state index is -3.61. The third-order valence-corrected chi connectivity index (χ3v) is 6.30. The minimum Gasteiger partial charge on any atom is -0.305 e. The molecule has 1 saturated heterocycles. The number of aromatic nitrogens is 1. The normalized spacial score (nSPS) is 22.2. The highest BCUT2D eigenvalue weighted by atomic mass is 35.5. The van der Waals surface area contributed by atoms with E-state index in [1.165, 1.54) is 12.3 Å². The summed E-state index contributed by atoms with van der Waals surface area (Å²) in [6.45, 7) is 4.12. The fourth-order valence-electron chi connectivity index (χ4n) is 2.55. The van der Waals surface area contributed by atoms with Crippen LogP contribution in [0, 0.1) is 0 Å². The number of hydrogen-bond acceptors (Lipinski definition) is 4. The molecule has 21 heavy (non-hydrogen) atoms. The van der Waals surface area contributed by atoms with Gasteiger partial charge in [-0.2, -0.15) is 4.31 Å². The zero-order chi connectivity index (χ0) is 15.6. The fourth-order valence-corrected chi connectivity index (χ4v) is 4.59. The maximum absolute atomic E-state index is 12.8. The molecule has 0 radical (unpaired) electrons. The molecule has 118 valence electrons. The molecule has 0 amide bonds. The first-order valence-electron chi connectivity index (χ1n) is 6.87. The average Bonchev–Trinajstić information content (AvgIpc) is 2.63. The summed E-state index contributed by atoms with van der Waals surface area (Å²) in [5, 5.41) is 0.260. The van der Waals surface area contributed by atoms with Crippen molar-refractivity contribution in [3.05, 3.63) is 22.4 Å². The summed E-state index contributed by atoms with van der Waals surface area (Å²) < 4.78 is 27.3. The number of sulfonamides is 1. The molecule has 0 spiro atoms. The number of rotatable bonds is 3. The molecule has 0 aliphatic carbocycles. The van der Waals surface area contributed by atoms with E-state index in [4.69, 9.17) is 23.2 Å². The predicted octanol–water partition coefficient (Wildman–Crippen LogP) is 2.49. The summed E-state index contributed by atoms with van der Waals surface area (Å²) in [5.41, 5.74) is 0. The van der Waals surface area contributed by atoms with Crippen LogP contribution in [-0.4, -0.2) is 55.3 Å². The van der Waals surface area contributed by atoms with E-state index >= 15 is 0 Å². The first-order valence-corrected chi connectivity index (χ1v) is 9.07. The molecule has 1 fully saturated rings. The lowest BCUT2D eigenvalue weighted by atomic mass is 10.2. The Kier molecular flexibility index (Phi) is 5.48. The van der Waals surface area contributed by atoms with Gasteiger partial charge in [-0.1, -0.05) is 30.1 Å². The summed E-state index contributed by atoms with van der Waals surface area (Å²) in [5.74, 6) is 0. The van der Waals surface area contributed by atoms with Gasteiger partial charge in [-0.15, -0.1) is 0 Å². The second-order valence-electron chi connectivity index (χ2n) is 5.24. The van der Waals surface area contributed by atoms with Crippen LogP contribution in [0.1, 0.15) is 19.8 Å². The van der Waals surface area contributed by atoms with Crippen molar-refractivity contribution in [1.82, 2.24) is 14.2 Å². The molecule has 1 aromatic heterocycles. The quantitative estimate of drug-likeness (QED) is 0.785. The van der Waals surface area contributed by atoms with E-state index in [1.54, 1.807) is 4.31 Å². The Morgan fingerprint density at radius 3 is 2.71 bits per heavy atom. The number of likely N-dealkylation sites (N-methyl/N-ethyl adjacent to an activating group) is 1. The maximum Gasteiger partial charge on any atom is 0.244 e. The van der Waals surface area contributed by atoms with Crippen LogP contribution in [0.25, 0.3) is 0 Å². The SMILES string of the molecule is CCC1CN(C)CCCN1S(=O)(=O)c1cnc(Cl)c(Cl)c1. The van der Waals surface area contributed by atoms with E-state index in [2.05, 4.69) is 9.88 Å². The summed E-state index contributed by atoms with van der Waals surface area (Å²) in [7, 11) is -1.59. The molecule has 0 bridgehead atoms. The predicted molar refractivity (Wildman–Crippen MR) is 84.3 cm³/mol. The Bertz CT molecular complexity index is 609. The zero-order valence-electron chi connectivity index (χ0n) is 12.1. The summed E-state index contributed by atoms with van der Waals surface area (Å²) in [4.78, 5) is 6.11. The van der Waals surface area contributed by atoms with E-state index in [1.807, 2.05) is 14.0 Å². The number of halogens is 2. The van der Waals surface area contributed by atoms with Gasteiger partial charge in [0.1, 0.15) is 10.0 Å². The second kappa shape index (κ2) is 6.79. The van der Waals surface area contributed by atoms with E-state index in [-0.39, 0.29) is 21.1 Å². The van der Waals surface area contributed by atoms with Gasteiger partial charge in [0.25, 0.3) is 0 Å². The molecule has 0 N–H and O–H groups in total. The molecule has 8 heteroatoms. The Hall–Kier alpha value is -0.400. The van der Waals surface area contributed by atoms with Gasteiger partial charge in [0.05, 0.1) is 5.02 Å². The minimum absolute atomic E-state index is 0.0445. The van der Waals surface area contributed by atoms with Crippen molar-refractivity contribution < 1.29 is 8.42 Å². The largest absolute Gasteiger partial charge is 0.305 e. The smallest absolute Gasteiger partial charge is 0.244 e. The molecule has 1 aromatic rings. The summed E-state index contributed by atoms with van der Waals surface area (Å²) in [6, 6.07) is 1.32. The Labute approximate surface area is 135 Å². The van der Waals surface area contributed by atoms with Gasteiger partial charge < -0.3 is 4.90 Å². The maximum atomic E-state index is 12.8. The lowest BCUT2D eigenvalue weighted by Crippen LogP contribution is -2.43. The standard InChI is InChI=1S/C13H19Cl2N3O2S/c1-3-10-9-17(2)5-4-6-18(10)21(19,20)11-7-12(14)13(15)16-8-11/h7-8,10H,3-6,9H2,1-2H3. The molecule has 2 rings (SSSR count). The van der Waals surface area contributed by atoms with E-state index < -0.39 is 10.0 Å². The van der Waals surface area contributed by atoms with Crippen LogP contribution < -0.4 is 0 Å². The Morgan fingerprint density at radius 2 is 2.10 bits per heavy atom. The number of hydrogen-bond donors (Lipinski definition) is 0. The van der Waals surface area contributed by atoms with Gasteiger partial charge in [0.2, 0.25) is 10.0 Å². The molecule has 2 heterocycles. The van der Waals surface area contributed by atoms with Crippen LogP contribution in [0.3, 0.4) is 0 Å². The highest BCUT2D eigenvalue weighted by Gasteiger charge is 2.33. The molecule has 5 nitrogen and oxygen atoms in total. The van der Waals surface area contributed by atoms with Gasteiger partial charge >= 0.3 is 0 Å². The molecular weight excluding hydrogens is 333 g/mol. The molecule has 1 aliphatic heterocycles. The topological polar surface area (TPSA) is 53.5 Å². The van der Waals surface area contributed by atoms with Gasteiger partial charge in [0, 0.05) is 25.3 Å². The fraction of sp³-hybridized carbons (Fsp3) is 0.615. The van der Waals surface area contributed by atoms with Gasteiger partial charge in [-0.05, 0) is 32.5 Å². The zero-order valence-corrected chi connectivity index (χ0v) is 14.4. The van der Waals surface area contributed by atoms with Crippen LogP contribution >= 0.6 is 23.2 Å². The lowest BCUT2D eigenvalue weighted by Gasteiger charge is -2.29. The third kappa shape index (κ3) is 3.68. The van der Waals surface area contributed by atoms with Gasteiger partial charge in [-0.3, -0.25) is 0 Å². The van der Waals surface area contributed by atoms with Crippen LogP contribution in [0.4, 0.5) is 0 Å². The first kappa shape index (κ1) is 17.0. The van der Waals surface area contributed by atoms with Gasteiger partial charge in [-0.25, -0.2) is 13.4 Å². The Balaban J connectivity index is 2.38. The molecule has 1 unspecified atom stereocenters. The van der Waals surface area contributed by atoms with E-state index in [0.29, 0.717) is 6.54 Å². The molecular formula is C13H19Cl2N3O2S. The van der Waals surface area contributed by atoms with Crippen molar-refractivity contribution in [2.24, 2.45) is 0 Å². The molecule has 0 aromatic carbocycles. The third-order valence-electron chi connectivity index (χ3n) is 3.70. The van der Waals surface area contributed by atoms with Crippen LogP contribution in [0.5, 0.6) is 0 Å². The van der Waals surface area contributed by atoms with Crippen LogP contribution in [0.15, 0.2) is 17.2 Å². The number of pyridine rings is 1. The highest BCUT2D eigenvalue weighted by molar-refractivity contribution is 7.89. The number of nitrogens with zero attached hydrogens (tertiary/aromatic N) is 3. The Morgan fingerprint density at radius 1 is 1.38 bits per heavy atom. The van der Waals surface area contributed by atoms with Crippen molar-refractivity contribution in [2.45, 2.75) is 30.7 Å². The molecule has 1 aliphatic rings. The van der Waals surface area contributed by atoms with Crippen molar-refractivity contribution in [2.75, 3.05) is 26.7 Å². The van der Waals surface area contributed by atoms with Crippen LogP contribution in [0.2, 0.25) is 10.2 Å². The van der Waals surface area contributed by atoms with Crippen molar-refractivity contribution in [3.8, 4) is 0 Å². The second-order valence-corrected chi connectivity index (χ2v) is 7.89. The molecule has 1 atom stereocenters. The van der Waals surface area contributed by atoms with Gasteiger partial charge in [0.15, 0.2) is 0 Å². The van der Waals surface area contributed by atoms with E-state index in [0.717, 1.165) is 25.9 Å². The summed E-state index contributed by atoms with van der Waals surface area (Å²) in [6.07, 6.45) is 2.84. The van der Waals surface area contributed by atoms with Crippen LogP contribution in [-0.2, 0) is 10.0 Å². The van der Waals surface area contributed by atoms with Crippen molar-refractivity contribution >= 4 is 33.2 Å². The molecule has 0 saturated carbocycles.